The van der Waals surface area contributed by atoms with Crippen molar-refractivity contribution in [2.24, 2.45) is 0 Å². The minimum Gasteiger partial charge on any atom is -0.451 e. The molecule has 0 aliphatic heterocycles. The number of thiazole rings is 1. The molecule has 0 radical (unpaired) electrons. The van der Waals surface area contributed by atoms with Crippen molar-refractivity contribution in [3.63, 3.8) is 0 Å². The Labute approximate surface area is 163 Å². The molecule has 0 saturated heterocycles. The maximum absolute atomic E-state index is 12.4. The Morgan fingerprint density at radius 2 is 1.96 bits per heavy atom. The van der Waals surface area contributed by atoms with E-state index >= 15 is 0 Å². The van der Waals surface area contributed by atoms with Crippen LogP contribution in [0.15, 0.2) is 49.3 Å². The van der Waals surface area contributed by atoms with Crippen LogP contribution in [0.4, 0.5) is 4.79 Å². The van der Waals surface area contributed by atoms with Crippen molar-refractivity contribution >= 4 is 39.5 Å². The highest BCUT2D eigenvalue weighted by Crippen LogP contribution is 2.30. The van der Waals surface area contributed by atoms with Gasteiger partial charge in [-0.05, 0) is 12.1 Å². The van der Waals surface area contributed by atoms with Gasteiger partial charge in [-0.1, -0.05) is 18.2 Å². The van der Waals surface area contributed by atoms with Gasteiger partial charge in [-0.2, -0.15) is 0 Å². The second kappa shape index (κ2) is 8.82. The number of benzene rings is 1. The number of ether oxygens (including phenoxy) is 1. The van der Waals surface area contributed by atoms with E-state index in [0.29, 0.717) is 5.01 Å². The van der Waals surface area contributed by atoms with Gasteiger partial charge in [-0.15, -0.1) is 17.9 Å². The summed E-state index contributed by atoms with van der Waals surface area (Å²) >= 11 is 1.36. The Bertz CT molecular complexity index is 1020. The highest BCUT2D eigenvalue weighted by Gasteiger charge is 2.21. The van der Waals surface area contributed by atoms with Crippen molar-refractivity contribution in [1.29, 1.82) is 0 Å². The average molecular weight is 397 g/mol. The second-order valence-corrected chi connectivity index (χ2v) is 6.39. The molecular formula is C18H15N5O4S. The van der Waals surface area contributed by atoms with Crippen LogP contribution in [0.25, 0.3) is 20.9 Å². The molecule has 0 bridgehead atoms. The lowest BCUT2D eigenvalue weighted by atomic mass is 10.3. The van der Waals surface area contributed by atoms with Crippen molar-refractivity contribution in [2.45, 2.75) is 0 Å². The Balaban J connectivity index is 1.70. The lowest BCUT2D eigenvalue weighted by Gasteiger charge is -2.07. The molecule has 28 heavy (non-hydrogen) atoms. The number of fused-ring (bicyclic) bond motifs is 1. The van der Waals surface area contributed by atoms with Crippen molar-refractivity contribution < 1.29 is 19.1 Å². The quantitative estimate of drug-likeness (QED) is 0.481. The fourth-order valence-electron chi connectivity index (χ4n) is 2.19. The zero-order valence-electron chi connectivity index (χ0n) is 14.5. The van der Waals surface area contributed by atoms with Gasteiger partial charge in [-0.3, -0.25) is 10.1 Å². The first-order valence-electron chi connectivity index (χ1n) is 8.11. The molecule has 3 aromatic rings. The minimum atomic E-state index is -0.844. The molecule has 0 unspecified atom stereocenters. The average Bonchev–Trinajstić information content (AvgIpc) is 3.14. The summed E-state index contributed by atoms with van der Waals surface area (Å²) in [5.74, 6) is -1.62. The molecule has 9 nitrogen and oxygen atoms in total. The van der Waals surface area contributed by atoms with E-state index in [2.05, 4.69) is 26.8 Å². The Morgan fingerprint density at radius 3 is 2.75 bits per heavy atom. The third kappa shape index (κ3) is 4.54. The normalized spacial score (nSPS) is 10.3. The molecule has 142 valence electrons. The number of hydrogen-bond donors (Lipinski definition) is 2. The summed E-state index contributed by atoms with van der Waals surface area (Å²) in [5, 5.41) is 4.90. The lowest BCUT2D eigenvalue weighted by molar-refractivity contribution is -0.123. The SMILES string of the molecule is C=CCNC(=O)NC(=O)COC(=O)c1nccnc1-c1nc2ccccc2s1. The molecule has 2 heterocycles. The molecular weight excluding hydrogens is 382 g/mol. The molecule has 0 fully saturated rings. The largest absolute Gasteiger partial charge is 0.451 e. The molecule has 2 N–H and O–H groups in total. The summed E-state index contributed by atoms with van der Waals surface area (Å²) < 4.78 is 5.89. The van der Waals surface area contributed by atoms with Crippen LogP contribution in [0.2, 0.25) is 0 Å². The molecule has 0 saturated carbocycles. The Kier molecular flexibility index (Phi) is 6.02. The standard InChI is InChI=1S/C18H15N5O4S/c1-2-7-21-18(26)23-13(24)10-27-17(25)15-14(19-8-9-20-15)16-22-11-5-3-4-6-12(11)28-16/h2-6,8-9H,1,7,10H2,(H2,21,23,24,26). The predicted molar refractivity (Wildman–Crippen MR) is 103 cm³/mol. The van der Waals surface area contributed by atoms with Crippen molar-refractivity contribution in [3.05, 3.63) is 55.0 Å². The summed E-state index contributed by atoms with van der Waals surface area (Å²) in [6.07, 6.45) is 4.24. The highest BCUT2D eigenvalue weighted by atomic mass is 32.1. The summed E-state index contributed by atoms with van der Waals surface area (Å²) in [4.78, 5) is 48.1. The number of imide groups is 1. The van der Waals surface area contributed by atoms with Crippen LogP contribution in [0.3, 0.4) is 0 Å². The molecule has 0 spiro atoms. The number of urea groups is 1. The first kappa shape index (κ1) is 19.1. The summed E-state index contributed by atoms with van der Waals surface area (Å²) in [6, 6.07) is 6.80. The number of carbonyl (C=O) groups is 3. The lowest BCUT2D eigenvalue weighted by Crippen LogP contribution is -2.41. The molecule has 0 aliphatic carbocycles. The molecule has 0 aliphatic rings. The summed E-state index contributed by atoms with van der Waals surface area (Å²) in [6.45, 7) is 2.99. The number of rotatable bonds is 6. The van der Waals surface area contributed by atoms with E-state index in [-0.39, 0.29) is 17.9 Å². The fourth-order valence-corrected chi connectivity index (χ4v) is 3.15. The number of hydrogen-bond acceptors (Lipinski definition) is 8. The zero-order chi connectivity index (χ0) is 19.9. The zero-order valence-corrected chi connectivity index (χ0v) is 15.4. The van der Waals surface area contributed by atoms with E-state index in [9.17, 15) is 14.4 Å². The van der Waals surface area contributed by atoms with Gasteiger partial charge in [0.1, 0.15) is 10.7 Å². The van der Waals surface area contributed by atoms with Crippen LogP contribution in [-0.4, -0.2) is 46.0 Å². The van der Waals surface area contributed by atoms with Crippen molar-refractivity contribution in [3.8, 4) is 10.7 Å². The maximum atomic E-state index is 12.4. The molecule has 0 atom stereocenters. The number of amides is 3. The van der Waals surface area contributed by atoms with Crippen LogP contribution in [-0.2, 0) is 9.53 Å². The predicted octanol–water partition coefficient (Wildman–Crippen LogP) is 1.92. The summed E-state index contributed by atoms with van der Waals surface area (Å²) in [7, 11) is 0. The first-order valence-corrected chi connectivity index (χ1v) is 8.93. The van der Waals surface area contributed by atoms with E-state index in [1.165, 1.54) is 29.8 Å². The van der Waals surface area contributed by atoms with E-state index in [4.69, 9.17) is 4.74 Å². The van der Waals surface area contributed by atoms with E-state index in [0.717, 1.165) is 10.2 Å². The van der Waals surface area contributed by atoms with Crippen LogP contribution in [0, 0.1) is 0 Å². The minimum absolute atomic E-state index is 0.0644. The van der Waals surface area contributed by atoms with Gasteiger partial charge in [-0.25, -0.2) is 24.5 Å². The van der Waals surface area contributed by atoms with Gasteiger partial charge >= 0.3 is 12.0 Å². The van der Waals surface area contributed by atoms with Gasteiger partial charge in [0.15, 0.2) is 12.3 Å². The van der Waals surface area contributed by atoms with E-state index in [1.807, 2.05) is 29.6 Å². The van der Waals surface area contributed by atoms with Crippen LogP contribution in [0.1, 0.15) is 10.5 Å². The maximum Gasteiger partial charge on any atom is 0.359 e. The smallest absolute Gasteiger partial charge is 0.359 e. The number of esters is 1. The summed E-state index contributed by atoms with van der Waals surface area (Å²) in [5.41, 5.74) is 0.973. The highest BCUT2D eigenvalue weighted by molar-refractivity contribution is 7.21. The number of nitrogens with zero attached hydrogens (tertiary/aromatic N) is 3. The van der Waals surface area contributed by atoms with Gasteiger partial charge in [0, 0.05) is 18.9 Å². The van der Waals surface area contributed by atoms with Crippen molar-refractivity contribution in [2.75, 3.05) is 13.2 Å². The van der Waals surface area contributed by atoms with Gasteiger partial charge < -0.3 is 10.1 Å². The van der Waals surface area contributed by atoms with Gasteiger partial charge in [0.25, 0.3) is 5.91 Å². The third-order valence-electron chi connectivity index (χ3n) is 3.38. The second-order valence-electron chi connectivity index (χ2n) is 5.36. The molecule has 1 aromatic carbocycles. The topological polar surface area (TPSA) is 123 Å². The molecule has 2 aromatic heterocycles. The third-order valence-corrected chi connectivity index (χ3v) is 4.43. The van der Waals surface area contributed by atoms with E-state index < -0.39 is 24.5 Å². The van der Waals surface area contributed by atoms with Crippen LogP contribution < -0.4 is 10.6 Å². The number of carbonyl (C=O) groups excluding carboxylic acids is 3. The number of aromatic nitrogens is 3. The Hall–Kier alpha value is -3.66. The van der Waals surface area contributed by atoms with E-state index in [1.54, 1.807) is 0 Å². The number of nitrogens with one attached hydrogen (secondary N) is 2. The van der Waals surface area contributed by atoms with Crippen LogP contribution >= 0.6 is 11.3 Å². The molecule has 3 rings (SSSR count). The number of para-hydroxylation sites is 1. The monoisotopic (exact) mass is 397 g/mol. The van der Waals surface area contributed by atoms with Crippen LogP contribution in [0.5, 0.6) is 0 Å². The molecule has 10 heteroatoms. The Morgan fingerprint density at radius 1 is 1.18 bits per heavy atom. The van der Waals surface area contributed by atoms with Gasteiger partial charge in [0.05, 0.1) is 10.2 Å². The molecule has 3 amide bonds. The first-order chi connectivity index (χ1) is 13.6. The fraction of sp³-hybridized carbons (Fsp3) is 0.111. The van der Waals surface area contributed by atoms with Crippen molar-refractivity contribution in [1.82, 2.24) is 25.6 Å². The van der Waals surface area contributed by atoms with Gasteiger partial charge in [0.2, 0.25) is 0 Å².